The molecule has 0 fully saturated rings. The summed E-state index contributed by atoms with van der Waals surface area (Å²) in [5.74, 6) is -3.38. The second kappa shape index (κ2) is 16.6. The van der Waals surface area contributed by atoms with Crippen molar-refractivity contribution in [1.29, 1.82) is 0 Å². The van der Waals surface area contributed by atoms with Crippen LogP contribution in [-0.2, 0) is 35.1 Å². The average molecular weight is 611 g/mol. The fraction of sp³-hybridized carbons (Fsp3) is 0.406. The molecule has 3 N–H and O–H groups in total. The van der Waals surface area contributed by atoms with Crippen LogP contribution in [0.2, 0.25) is 5.02 Å². The van der Waals surface area contributed by atoms with Gasteiger partial charge in [-0.3, -0.25) is 19.4 Å². The Balaban J connectivity index is 1.88. The topological polar surface area (TPSA) is 136 Å². The summed E-state index contributed by atoms with van der Waals surface area (Å²) >= 11 is 6.28. The van der Waals surface area contributed by atoms with Gasteiger partial charge in [-0.1, -0.05) is 55.8 Å². The number of carbonyl (C=O) groups is 4. The number of nitrogens with one attached hydrogen (secondary N) is 3. The summed E-state index contributed by atoms with van der Waals surface area (Å²) < 4.78 is 11.4. The van der Waals surface area contributed by atoms with Gasteiger partial charge in [-0.25, -0.2) is 4.79 Å². The number of ether oxygens (including phenoxy) is 2. The van der Waals surface area contributed by atoms with Crippen LogP contribution >= 0.6 is 11.6 Å². The molecule has 0 spiro atoms. The Morgan fingerprint density at radius 1 is 1.12 bits per heavy atom. The average Bonchev–Trinajstić information content (AvgIpc) is 2.99. The quantitative estimate of drug-likeness (QED) is 0.407. The van der Waals surface area contributed by atoms with Crippen molar-refractivity contribution in [2.75, 3.05) is 20.1 Å². The lowest BCUT2D eigenvalue weighted by atomic mass is 9.99. The van der Waals surface area contributed by atoms with Crippen molar-refractivity contribution in [1.82, 2.24) is 20.9 Å². The minimum absolute atomic E-state index is 0.0387. The van der Waals surface area contributed by atoms with Crippen molar-refractivity contribution in [2.24, 2.45) is 11.8 Å². The molecular formula is C32H39ClN4O6. The van der Waals surface area contributed by atoms with Gasteiger partial charge in [-0.15, -0.1) is 0 Å². The van der Waals surface area contributed by atoms with Crippen LogP contribution in [0.15, 0.2) is 61.0 Å². The Labute approximate surface area is 257 Å². The van der Waals surface area contributed by atoms with E-state index in [-0.39, 0.29) is 31.8 Å². The third kappa shape index (κ3) is 10.6. The lowest BCUT2D eigenvalue weighted by Crippen LogP contribution is -2.49. The second-order valence-electron chi connectivity index (χ2n) is 10.6. The molecule has 0 bridgehead atoms. The molecule has 0 saturated heterocycles. The summed E-state index contributed by atoms with van der Waals surface area (Å²) in [7, 11) is 1.63. The summed E-state index contributed by atoms with van der Waals surface area (Å²) in [4.78, 5) is 56.2. The van der Waals surface area contributed by atoms with E-state index in [4.69, 9.17) is 21.1 Å². The van der Waals surface area contributed by atoms with Gasteiger partial charge in [0.05, 0.1) is 5.92 Å². The van der Waals surface area contributed by atoms with Gasteiger partial charge >= 0.3 is 11.9 Å². The van der Waals surface area contributed by atoms with Crippen molar-refractivity contribution in [3.8, 4) is 0 Å². The number of likely N-dealkylation sites (N-methyl/N-ethyl adjacent to an activating group) is 1. The van der Waals surface area contributed by atoms with Crippen molar-refractivity contribution in [2.45, 2.75) is 51.9 Å². The highest BCUT2D eigenvalue weighted by atomic mass is 35.5. The fourth-order valence-electron chi connectivity index (χ4n) is 4.27. The summed E-state index contributed by atoms with van der Waals surface area (Å²) in [6.45, 7) is 5.32. The van der Waals surface area contributed by atoms with E-state index in [0.29, 0.717) is 5.02 Å². The number of halogens is 1. The smallest absolute Gasteiger partial charge is 0.349 e. The molecule has 1 aromatic carbocycles. The molecule has 2 amide bonds. The number of rotatable bonds is 7. The molecule has 1 aliphatic rings. The monoisotopic (exact) mass is 610 g/mol. The zero-order chi connectivity index (χ0) is 31.4. The maximum Gasteiger partial charge on any atom is 0.349 e. The number of nitrogens with zero attached hydrogens (tertiary/aromatic N) is 1. The van der Waals surface area contributed by atoms with Gasteiger partial charge in [0.25, 0.3) is 0 Å². The van der Waals surface area contributed by atoms with E-state index in [0.717, 1.165) is 16.7 Å². The number of aromatic nitrogens is 1. The maximum atomic E-state index is 13.2. The van der Waals surface area contributed by atoms with E-state index in [1.54, 1.807) is 38.5 Å². The lowest BCUT2D eigenvalue weighted by Gasteiger charge is -2.25. The van der Waals surface area contributed by atoms with Crippen LogP contribution in [0.4, 0.5) is 0 Å². The van der Waals surface area contributed by atoms with Gasteiger partial charge in [0, 0.05) is 49.3 Å². The van der Waals surface area contributed by atoms with Crippen molar-refractivity contribution in [3.05, 3.63) is 82.7 Å². The zero-order valence-electron chi connectivity index (χ0n) is 24.8. The standard InChI is InChI=1S/C32H39ClN4O6/c1-20-8-11-24(16-25(20)33)17-26-30(39)36-18-22(3)31(40)43-28(19-34-4)32(41)42-27(6-5-7-29(38)37-26)21(2)9-10-23-12-14-35-15-13-23/h5,7-16,21-22,26-28,34H,6,17-19H2,1-4H3,(H,36,39)(H,37,38)/b7-5+,10-9+/t21-,22-,26-,27+,28+/m1/s1. The second-order valence-corrected chi connectivity index (χ2v) is 11.0. The van der Waals surface area contributed by atoms with Gasteiger partial charge in [0.1, 0.15) is 12.1 Å². The van der Waals surface area contributed by atoms with E-state index < -0.39 is 47.9 Å². The molecule has 230 valence electrons. The first-order chi connectivity index (χ1) is 20.6. The molecular weight excluding hydrogens is 572 g/mol. The van der Waals surface area contributed by atoms with Crippen LogP contribution in [0.3, 0.4) is 0 Å². The van der Waals surface area contributed by atoms with Crippen LogP contribution < -0.4 is 16.0 Å². The van der Waals surface area contributed by atoms with Gasteiger partial charge in [0.2, 0.25) is 17.9 Å². The third-order valence-corrected chi connectivity index (χ3v) is 7.40. The number of hydrogen-bond acceptors (Lipinski definition) is 8. The summed E-state index contributed by atoms with van der Waals surface area (Å²) in [6, 6.07) is 8.21. The molecule has 0 unspecified atom stereocenters. The SMILES string of the molecule is CNC[C@@H]1OC(=O)[C@H](C)CNC(=O)[C@@H](Cc2ccc(C)c(Cl)c2)NC(=O)/C=C/C[C@@H]([C@H](C)/C=C/c2ccncc2)OC1=O. The van der Waals surface area contributed by atoms with E-state index in [2.05, 4.69) is 20.9 Å². The highest BCUT2D eigenvalue weighted by Crippen LogP contribution is 2.19. The van der Waals surface area contributed by atoms with Gasteiger partial charge in [-0.2, -0.15) is 0 Å². The van der Waals surface area contributed by atoms with Crippen LogP contribution in [-0.4, -0.2) is 67.1 Å². The van der Waals surface area contributed by atoms with Crippen LogP contribution in [0.5, 0.6) is 0 Å². The van der Waals surface area contributed by atoms with Crippen LogP contribution in [0.1, 0.15) is 37.0 Å². The van der Waals surface area contributed by atoms with Gasteiger partial charge < -0.3 is 25.4 Å². The van der Waals surface area contributed by atoms with E-state index in [1.807, 2.05) is 50.3 Å². The highest BCUT2D eigenvalue weighted by Gasteiger charge is 2.31. The van der Waals surface area contributed by atoms with Crippen molar-refractivity contribution < 1.29 is 28.7 Å². The molecule has 1 aliphatic heterocycles. The molecule has 3 rings (SSSR count). The molecule has 5 atom stereocenters. The molecule has 0 radical (unpaired) electrons. The summed E-state index contributed by atoms with van der Waals surface area (Å²) in [6.07, 6.45) is 8.56. The molecule has 2 heterocycles. The first kappa shape index (κ1) is 33.5. The lowest BCUT2D eigenvalue weighted by molar-refractivity contribution is -0.174. The molecule has 2 aromatic rings. The number of benzene rings is 1. The molecule has 1 aromatic heterocycles. The maximum absolute atomic E-state index is 13.2. The predicted molar refractivity (Wildman–Crippen MR) is 164 cm³/mol. The Hall–Kier alpha value is -4.02. The minimum atomic E-state index is -1.20. The van der Waals surface area contributed by atoms with Gasteiger partial charge in [0.15, 0.2) is 0 Å². The number of esters is 2. The molecule has 0 saturated carbocycles. The van der Waals surface area contributed by atoms with Gasteiger partial charge in [-0.05, 0) is 54.9 Å². The first-order valence-electron chi connectivity index (χ1n) is 14.2. The number of cyclic esters (lactones) is 2. The minimum Gasteiger partial charge on any atom is -0.459 e. The number of aryl methyl sites for hydroxylation is 1. The summed E-state index contributed by atoms with van der Waals surface area (Å²) in [5.41, 5.74) is 2.58. The van der Waals surface area contributed by atoms with Crippen LogP contribution in [0, 0.1) is 18.8 Å². The molecule has 10 nitrogen and oxygen atoms in total. The van der Waals surface area contributed by atoms with E-state index >= 15 is 0 Å². The van der Waals surface area contributed by atoms with E-state index in [1.165, 1.54) is 6.08 Å². The number of carbonyl (C=O) groups excluding carboxylic acids is 4. The van der Waals surface area contributed by atoms with Crippen LogP contribution in [0.25, 0.3) is 6.08 Å². The third-order valence-electron chi connectivity index (χ3n) is 6.99. The normalized spacial score (nSPS) is 24.0. The zero-order valence-corrected chi connectivity index (χ0v) is 25.6. The molecule has 0 aliphatic carbocycles. The first-order valence-corrected chi connectivity index (χ1v) is 14.6. The Bertz CT molecular complexity index is 1330. The number of amides is 2. The number of hydrogen-bond donors (Lipinski definition) is 3. The Morgan fingerprint density at radius 2 is 1.86 bits per heavy atom. The molecule has 43 heavy (non-hydrogen) atoms. The van der Waals surface area contributed by atoms with Crippen molar-refractivity contribution in [3.63, 3.8) is 0 Å². The fourth-order valence-corrected chi connectivity index (χ4v) is 4.47. The Kier molecular flexibility index (Phi) is 12.9. The van der Waals surface area contributed by atoms with E-state index in [9.17, 15) is 19.2 Å². The summed E-state index contributed by atoms with van der Waals surface area (Å²) in [5, 5.41) is 8.87. The highest BCUT2D eigenvalue weighted by molar-refractivity contribution is 6.31. The van der Waals surface area contributed by atoms with Crippen molar-refractivity contribution >= 4 is 41.4 Å². The predicted octanol–water partition coefficient (Wildman–Crippen LogP) is 3.18. The number of pyridine rings is 1. The molecule has 11 heteroatoms. The Morgan fingerprint density at radius 3 is 2.56 bits per heavy atom. The largest absolute Gasteiger partial charge is 0.459 e.